The van der Waals surface area contributed by atoms with Crippen molar-refractivity contribution in [2.75, 3.05) is 13.1 Å². The highest BCUT2D eigenvalue weighted by Crippen LogP contribution is 2.29. The van der Waals surface area contributed by atoms with Gasteiger partial charge in [-0.25, -0.2) is 4.98 Å². The normalized spacial score (nSPS) is 10.9. The minimum Gasteiger partial charge on any atom is -0.441 e. The Hall–Kier alpha value is -0.840. The maximum atomic E-state index is 6.09. The van der Waals surface area contributed by atoms with Crippen molar-refractivity contribution in [2.24, 2.45) is 0 Å². The third-order valence-corrected chi connectivity index (χ3v) is 4.16. The number of hydrogen-bond donors (Lipinski definition) is 1. The molecule has 0 fully saturated rings. The quantitative estimate of drug-likeness (QED) is 0.731. The second-order valence-electron chi connectivity index (χ2n) is 4.60. The van der Waals surface area contributed by atoms with Gasteiger partial charge >= 0.3 is 0 Å². The molecule has 5 heteroatoms. The number of oxazole rings is 1. The average molecular weight is 358 g/mol. The fourth-order valence-electron chi connectivity index (χ4n) is 1.88. The molecule has 20 heavy (non-hydrogen) atoms. The molecule has 3 nitrogen and oxygen atoms in total. The average Bonchev–Trinajstić information content (AvgIpc) is 2.90. The molecule has 1 aromatic carbocycles. The number of halogens is 2. The fraction of sp³-hybridized carbons (Fsp3) is 0.400. The first-order valence-corrected chi connectivity index (χ1v) is 7.98. The van der Waals surface area contributed by atoms with E-state index in [2.05, 4.69) is 33.2 Å². The highest BCUT2D eigenvalue weighted by molar-refractivity contribution is 9.10. The van der Waals surface area contributed by atoms with Gasteiger partial charge in [-0.05, 0) is 60.1 Å². The van der Waals surface area contributed by atoms with Crippen LogP contribution in [0.25, 0.3) is 11.3 Å². The number of hydrogen-bond acceptors (Lipinski definition) is 3. The van der Waals surface area contributed by atoms with Gasteiger partial charge in [0.1, 0.15) is 0 Å². The Morgan fingerprint density at radius 3 is 2.95 bits per heavy atom. The van der Waals surface area contributed by atoms with Gasteiger partial charge in [-0.2, -0.15) is 0 Å². The van der Waals surface area contributed by atoms with E-state index in [4.69, 9.17) is 16.0 Å². The molecule has 0 atom stereocenters. The maximum absolute atomic E-state index is 6.09. The second-order valence-corrected chi connectivity index (χ2v) is 5.86. The Balaban J connectivity index is 1.93. The van der Waals surface area contributed by atoms with E-state index in [0.717, 1.165) is 54.0 Å². The van der Waals surface area contributed by atoms with Gasteiger partial charge in [0.05, 0.1) is 11.2 Å². The van der Waals surface area contributed by atoms with Crippen LogP contribution in [0.2, 0.25) is 5.02 Å². The molecule has 1 heterocycles. The van der Waals surface area contributed by atoms with Gasteiger partial charge in [0.15, 0.2) is 11.7 Å². The largest absolute Gasteiger partial charge is 0.441 e. The molecule has 0 amide bonds. The zero-order chi connectivity index (χ0) is 14.4. The molecule has 0 aliphatic rings. The molecule has 2 aromatic rings. The van der Waals surface area contributed by atoms with Crippen LogP contribution in [0.15, 0.2) is 33.3 Å². The molecule has 0 aliphatic heterocycles. The lowest BCUT2D eigenvalue weighted by Crippen LogP contribution is -2.16. The van der Waals surface area contributed by atoms with Crippen LogP contribution in [0.1, 0.15) is 25.7 Å². The molecule has 1 aromatic heterocycles. The van der Waals surface area contributed by atoms with E-state index in [0.29, 0.717) is 5.02 Å². The van der Waals surface area contributed by atoms with Crippen molar-refractivity contribution in [1.29, 1.82) is 0 Å². The molecule has 0 saturated heterocycles. The van der Waals surface area contributed by atoms with Crippen molar-refractivity contribution in [2.45, 2.75) is 26.2 Å². The summed E-state index contributed by atoms with van der Waals surface area (Å²) in [6.07, 6.45) is 4.80. The summed E-state index contributed by atoms with van der Waals surface area (Å²) in [5.41, 5.74) is 0.945. The molecule has 1 N–H and O–H groups in total. The van der Waals surface area contributed by atoms with Crippen molar-refractivity contribution in [1.82, 2.24) is 10.3 Å². The number of rotatable bonds is 7. The Kier molecular flexibility index (Phi) is 6.07. The molecule has 0 radical (unpaired) electrons. The van der Waals surface area contributed by atoms with Crippen LogP contribution in [0.4, 0.5) is 0 Å². The van der Waals surface area contributed by atoms with Crippen molar-refractivity contribution >= 4 is 27.5 Å². The zero-order valence-electron chi connectivity index (χ0n) is 11.5. The third kappa shape index (κ3) is 4.33. The molecule has 0 saturated carbocycles. The number of aryl methyl sites for hydroxylation is 1. The highest BCUT2D eigenvalue weighted by atomic mass is 79.9. The van der Waals surface area contributed by atoms with Crippen LogP contribution in [-0.2, 0) is 6.42 Å². The van der Waals surface area contributed by atoms with E-state index in [-0.39, 0.29) is 0 Å². The maximum Gasteiger partial charge on any atom is 0.194 e. The van der Waals surface area contributed by atoms with Gasteiger partial charge in [-0.1, -0.05) is 18.5 Å². The number of nitrogens with one attached hydrogen (secondary N) is 1. The second kappa shape index (κ2) is 7.81. The van der Waals surface area contributed by atoms with Crippen molar-refractivity contribution in [3.63, 3.8) is 0 Å². The minimum atomic E-state index is 0.671. The summed E-state index contributed by atoms with van der Waals surface area (Å²) in [5, 5.41) is 4.04. The molecule has 0 bridgehead atoms. The standard InChI is InChI=1S/C15H18BrClN2O/c1-2-7-18-8-3-4-15-19-10-14(20-15)11-5-6-12(16)13(17)9-11/h5-6,9-10,18H,2-4,7-8H2,1H3. The predicted molar refractivity (Wildman–Crippen MR) is 86.1 cm³/mol. The first kappa shape index (κ1) is 15.5. The lowest BCUT2D eigenvalue weighted by atomic mass is 10.2. The van der Waals surface area contributed by atoms with Crippen LogP contribution in [0, 0.1) is 0 Å². The summed E-state index contributed by atoms with van der Waals surface area (Å²) in [6.45, 7) is 4.22. The SMILES string of the molecule is CCCNCCCc1ncc(-c2ccc(Br)c(Cl)c2)o1. The van der Waals surface area contributed by atoms with Crippen LogP contribution < -0.4 is 5.32 Å². The Bertz CT molecular complexity index is 557. The number of nitrogens with zero attached hydrogens (tertiary/aromatic N) is 1. The first-order valence-electron chi connectivity index (χ1n) is 6.81. The molecule has 108 valence electrons. The molecular formula is C15H18BrClN2O. The summed E-state index contributed by atoms with van der Waals surface area (Å²) < 4.78 is 6.64. The first-order chi connectivity index (χ1) is 9.70. The van der Waals surface area contributed by atoms with E-state index >= 15 is 0 Å². The number of benzene rings is 1. The van der Waals surface area contributed by atoms with Crippen molar-refractivity contribution < 1.29 is 4.42 Å². The summed E-state index contributed by atoms with van der Waals surface area (Å²) in [5.74, 6) is 1.54. The summed E-state index contributed by atoms with van der Waals surface area (Å²) in [7, 11) is 0. The van der Waals surface area contributed by atoms with Gasteiger partial charge in [-0.15, -0.1) is 0 Å². The minimum absolute atomic E-state index is 0.671. The topological polar surface area (TPSA) is 38.1 Å². The highest BCUT2D eigenvalue weighted by Gasteiger charge is 2.08. The molecule has 0 aliphatic carbocycles. The van der Waals surface area contributed by atoms with E-state index in [1.807, 2.05) is 18.2 Å². The Labute approximate surface area is 132 Å². The lowest BCUT2D eigenvalue weighted by molar-refractivity contribution is 0.491. The Morgan fingerprint density at radius 1 is 1.35 bits per heavy atom. The summed E-state index contributed by atoms with van der Waals surface area (Å²) in [4.78, 5) is 4.31. The summed E-state index contributed by atoms with van der Waals surface area (Å²) >= 11 is 9.46. The molecule has 0 spiro atoms. The molecular weight excluding hydrogens is 340 g/mol. The zero-order valence-corrected chi connectivity index (χ0v) is 13.8. The summed E-state index contributed by atoms with van der Waals surface area (Å²) in [6, 6.07) is 5.75. The van der Waals surface area contributed by atoms with Gasteiger partial charge in [0.2, 0.25) is 0 Å². The van der Waals surface area contributed by atoms with Crippen LogP contribution in [0.3, 0.4) is 0 Å². The third-order valence-electron chi connectivity index (χ3n) is 2.93. The number of aromatic nitrogens is 1. The van der Waals surface area contributed by atoms with Gasteiger partial charge < -0.3 is 9.73 Å². The van der Waals surface area contributed by atoms with Crippen LogP contribution >= 0.6 is 27.5 Å². The van der Waals surface area contributed by atoms with E-state index in [1.54, 1.807) is 6.20 Å². The predicted octanol–water partition coefficient (Wildman–Crippen LogP) is 4.69. The Morgan fingerprint density at radius 2 is 2.20 bits per heavy atom. The molecule has 2 rings (SSSR count). The van der Waals surface area contributed by atoms with Crippen LogP contribution in [-0.4, -0.2) is 18.1 Å². The lowest BCUT2D eigenvalue weighted by Gasteiger charge is -2.01. The molecule has 0 unspecified atom stereocenters. The smallest absolute Gasteiger partial charge is 0.194 e. The van der Waals surface area contributed by atoms with Crippen molar-refractivity contribution in [3.05, 3.63) is 39.8 Å². The van der Waals surface area contributed by atoms with Gasteiger partial charge in [0.25, 0.3) is 0 Å². The monoisotopic (exact) mass is 356 g/mol. The van der Waals surface area contributed by atoms with E-state index < -0.39 is 0 Å². The van der Waals surface area contributed by atoms with Crippen LogP contribution in [0.5, 0.6) is 0 Å². The van der Waals surface area contributed by atoms with E-state index in [9.17, 15) is 0 Å². The van der Waals surface area contributed by atoms with Gasteiger partial charge in [-0.3, -0.25) is 0 Å². The van der Waals surface area contributed by atoms with Crippen molar-refractivity contribution in [3.8, 4) is 11.3 Å². The van der Waals surface area contributed by atoms with Gasteiger partial charge in [0, 0.05) is 16.5 Å². The fourth-order valence-corrected chi connectivity index (χ4v) is 2.30. The van der Waals surface area contributed by atoms with E-state index in [1.165, 1.54) is 0 Å².